The Bertz CT molecular complexity index is 670. The van der Waals surface area contributed by atoms with E-state index in [2.05, 4.69) is 11.1 Å². The Labute approximate surface area is 123 Å². The molecule has 2 rings (SSSR count). The molecule has 0 aliphatic rings. The van der Waals surface area contributed by atoms with Crippen molar-refractivity contribution in [2.24, 2.45) is 0 Å². The van der Waals surface area contributed by atoms with Crippen molar-refractivity contribution in [2.45, 2.75) is 33.7 Å². The van der Waals surface area contributed by atoms with E-state index in [4.69, 9.17) is 21.6 Å². The van der Waals surface area contributed by atoms with Crippen LogP contribution in [0.4, 0.5) is 0 Å². The minimum Gasteiger partial charge on any atom is -0.439 e. The van der Waals surface area contributed by atoms with Crippen LogP contribution >= 0.6 is 11.6 Å². The number of halogens is 1. The molecule has 0 unspecified atom stereocenters. The van der Waals surface area contributed by atoms with Gasteiger partial charge in [0.05, 0.1) is 11.6 Å². The van der Waals surface area contributed by atoms with E-state index < -0.39 is 0 Å². The Kier molecular flexibility index (Phi) is 4.31. The zero-order valence-corrected chi connectivity index (χ0v) is 12.5. The summed E-state index contributed by atoms with van der Waals surface area (Å²) >= 11 is 5.99. The van der Waals surface area contributed by atoms with Crippen LogP contribution in [0.5, 0.6) is 11.6 Å². The molecule has 104 valence electrons. The molecule has 0 saturated heterocycles. The first-order valence-electron chi connectivity index (χ1n) is 6.53. The summed E-state index contributed by atoms with van der Waals surface area (Å²) in [4.78, 5) is 4.50. The fourth-order valence-electron chi connectivity index (χ4n) is 2.12. The van der Waals surface area contributed by atoms with Crippen LogP contribution in [-0.4, -0.2) is 9.55 Å². The van der Waals surface area contributed by atoms with Gasteiger partial charge < -0.3 is 4.74 Å². The fourth-order valence-corrected chi connectivity index (χ4v) is 2.35. The Morgan fingerprint density at radius 3 is 2.70 bits per heavy atom. The van der Waals surface area contributed by atoms with Crippen LogP contribution in [-0.2, 0) is 13.0 Å². The molecule has 0 saturated carbocycles. The average molecular weight is 290 g/mol. The van der Waals surface area contributed by atoms with Crippen LogP contribution in [0.25, 0.3) is 0 Å². The lowest BCUT2D eigenvalue weighted by atomic mass is 10.2. The average Bonchev–Trinajstić information content (AvgIpc) is 2.73. The molecule has 1 aromatic heterocycles. The number of ether oxygens (including phenoxy) is 1. The maximum absolute atomic E-state index is 8.98. The first-order valence-corrected chi connectivity index (χ1v) is 6.91. The highest BCUT2D eigenvalue weighted by molar-refractivity contribution is 6.30. The molecule has 20 heavy (non-hydrogen) atoms. The normalized spacial score (nSPS) is 10.3. The van der Waals surface area contributed by atoms with Crippen LogP contribution in [0, 0.1) is 18.3 Å². The second-order valence-corrected chi connectivity index (χ2v) is 4.83. The number of nitrogens with zero attached hydrogens (tertiary/aromatic N) is 3. The van der Waals surface area contributed by atoms with E-state index in [-0.39, 0.29) is 0 Å². The van der Waals surface area contributed by atoms with Crippen molar-refractivity contribution in [3.05, 3.63) is 40.3 Å². The predicted octanol–water partition coefficient (Wildman–Crippen LogP) is 4.09. The molecule has 5 heteroatoms. The Balaban J connectivity index is 2.44. The largest absolute Gasteiger partial charge is 0.439 e. The SMILES string of the molecule is CCc1nc(C)n(CC)c1Oc1cc(Cl)cc(C#N)c1. The van der Waals surface area contributed by atoms with Crippen LogP contribution in [0.3, 0.4) is 0 Å². The van der Waals surface area contributed by atoms with Crippen molar-refractivity contribution in [1.82, 2.24) is 9.55 Å². The van der Waals surface area contributed by atoms with Crippen molar-refractivity contribution in [2.75, 3.05) is 0 Å². The van der Waals surface area contributed by atoms with Crippen LogP contribution in [0.1, 0.15) is 30.9 Å². The summed E-state index contributed by atoms with van der Waals surface area (Å²) in [5.41, 5.74) is 1.38. The van der Waals surface area contributed by atoms with Gasteiger partial charge in [0.15, 0.2) is 0 Å². The third-order valence-corrected chi connectivity index (χ3v) is 3.26. The van der Waals surface area contributed by atoms with Crippen molar-refractivity contribution in [3.63, 3.8) is 0 Å². The molecule has 0 bridgehead atoms. The Morgan fingerprint density at radius 1 is 1.35 bits per heavy atom. The summed E-state index contributed by atoms with van der Waals surface area (Å²) in [7, 11) is 0. The lowest BCUT2D eigenvalue weighted by Crippen LogP contribution is -2.01. The molecule has 1 aromatic carbocycles. The van der Waals surface area contributed by atoms with Crippen LogP contribution in [0.15, 0.2) is 18.2 Å². The van der Waals surface area contributed by atoms with Gasteiger partial charge in [0.2, 0.25) is 5.88 Å². The smallest absolute Gasteiger partial charge is 0.223 e. The number of benzene rings is 1. The monoisotopic (exact) mass is 289 g/mol. The van der Waals surface area contributed by atoms with Gasteiger partial charge in [0, 0.05) is 11.6 Å². The Hall–Kier alpha value is -1.99. The molecule has 0 N–H and O–H groups in total. The van der Waals surface area contributed by atoms with E-state index in [1.54, 1.807) is 18.2 Å². The molecule has 2 aromatic rings. The third kappa shape index (κ3) is 2.78. The van der Waals surface area contributed by atoms with Crippen molar-refractivity contribution in [1.29, 1.82) is 5.26 Å². The van der Waals surface area contributed by atoms with E-state index in [9.17, 15) is 0 Å². The van der Waals surface area contributed by atoms with Crippen LogP contribution in [0.2, 0.25) is 5.02 Å². The molecule has 4 nitrogen and oxygen atoms in total. The van der Waals surface area contributed by atoms with Gasteiger partial charge in [-0.1, -0.05) is 18.5 Å². The van der Waals surface area contributed by atoms with Gasteiger partial charge in [0.1, 0.15) is 17.3 Å². The summed E-state index contributed by atoms with van der Waals surface area (Å²) < 4.78 is 7.94. The number of hydrogen-bond acceptors (Lipinski definition) is 3. The number of hydrogen-bond donors (Lipinski definition) is 0. The van der Waals surface area contributed by atoms with Gasteiger partial charge >= 0.3 is 0 Å². The van der Waals surface area contributed by atoms with Gasteiger partial charge in [-0.25, -0.2) is 4.98 Å². The number of rotatable bonds is 4. The number of aryl methyl sites for hydroxylation is 2. The lowest BCUT2D eigenvalue weighted by Gasteiger charge is -2.11. The maximum atomic E-state index is 8.98. The number of nitriles is 1. The zero-order chi connectivity index (χ0) is 14.7. The first-order chi connectivity index (χ1) is 9.58. The predicted molar refractivity (Wildman–Crippen MR) is 78.3 cm³/mol. The summed E-state index contributed by atoms with van der Waals surface area (Å²) in [6.45, 7) is 6.81. The van der Waals surface area contributed by atoms with Gasteiger partial charge in [0.25, 0.3) is 0 Å². The second kappa shape index (κ2) is 5.98. The van der Waals surface area contributed by atoms with E-state index in [0.29, 0.717) is 16.3 Å². The third-order valence-electron chi connectivity index (χ3n) is 3.05. The molecule has 0 aliphatic carbocycles. The van der Waals surface area contributed by atoms with Gasteiger partial charge in [-0.05, 0) is 38.5 Å². The summed E-state index contributed by atoms with van der Waals surface area (Å²) in [5, 5.41) is 9.46. The quantitative estimate of drug-likeness (QED) is 0.852. The second-order valence-electron chi connectivity index (χ2n) is 4.40. The van der Waals surface area contributed by atoms with Crippen molar-refractivity contribution in [3.8, 4) is 17.7 Å². The highest BCUT2D eigenvalue weighted by Crippen LogP contribution is 2.29. The van der Waals surface area contributed by atoms with Gasteiger partial charge in [-0.2, -0.15) is 5.26 Å². The molecular formula is C15H16ClN3O. The lowest BCUT2D eigenvalue weighted by molar-refractivity contribution is 0.425. The standard InChI is InChI=1S/C15H16ClN3O/c1-4-14-15(19(5-2)10(3)18-14)20-13-7-11(9-17)6-12(16)8-13/h6-8H,4-5H2,1-3H3. The molecular weight excluding hydrogens is 274 g/mol. The number of imidazole rings is 1. The zero-order valence-electron chi connectivity index (χ0n) is 11.8. The molecule has 0 fully saturated rings. The van der Waals surface area contributed by atoms with Gasteiger partial charge in [-0.3, -0.25) is 4.57 Å². The fraction of sp³-hybridized carbons (Fsp3) is 0.333. The summed E-state index contributed by atoms with van der Waals surface area (Å²) in [6, 6.07) is 7.05. The molecule has 0 spiro atoms. The van der Waals surface area contributed by atoms with Gasteiger partial charge in [-0.15, -0.1) is 0 Å². The first kappa shape index (κ1) is 14.4. The Morgan fingerprint density at radius 2 is 2.10 bits per heavy atom. The maximum Gasteiger partial charge on any atom is 0.223 e. The van der Waals surface area contributed by atoms with E-state index in [1.807, 2.05) is 25.3 Å². The van der Waals surface area contributed by atoms with Crippen molar-refractivity contribution >= 4 is 11.6 Å². The summed E-state index contributed by atoms with van der Waals surface area (Å²) in [5.74, 6) is 2.19. The molecule has 0 amide bonds. The van der Waals surface area contributed by atoms with E-state index in [0.717, 1.165) is 30.4 Å². The molecule has 0 radical (unpaired) electrons. The molecule has 0 atom stereocenters. The summed E-state index contributed by atoms with van der Waals surface area (Å²) in [6.07, 6.45) is 0.787. The molecule has 0 aliphatic heterocycles. The topological polar surface area (TPSA) is 50.8 Å². The molecule has 1 heterocycles. The minimum absolute atomic E-state index is 0.477. The number of aromatic nitrogens is 2. The van der Waals surface area contributed by atoms with E-state index in [1.165, 1.54) is 0 Å². The minimum atomic E-state index is 0.477. The highest BCUT2D eigenvalue weighted by Gasteiger charge is 2.15. The van der Waals surface area contributed by atoms with E-state index >= 15 is 0 Å². The van der Waals surface area contributed by atoms with Crippen molar-refractivity contribution < 1.29 is 4.74 Å². The van der Waals surface area contributed by atoms with Crippen LogP contribution < -0.4 is 4.74 Å². The highest BCUT2D eigenvalue weighted by atomic mass is 35.5.